The molecule has 0 fully saturated rings. The van der Waals surface area contributed by atoms with Crippen molar-refractivity contribution in [3.8, 4) is 34.4 Å². The summed E-state index contributed by atoms with van der Waals surface area (Å²) in [5.74, 6) is 2.92. The highest BCUT2D eigenvalue weighted by molar-refractivity contribution is 5.64. The third kappa shape index (κ3) is 4.20. The number of pyridine rings is 1. The van der Waals surface area contributed by atoms with Crippen molar-refractivity contribution in [1.82, 2.24) is 4.98 Å². The minimum Gasteiger partial charge on any atom is -0.457 e. The lowest BCUT2D eigenvalue weighted by Crippen LogP contribution is -1.98. The summed E-state index contributed by atoms with van der Waals surface area (Å²) in [4.78, 5) is 4.85. The van der Waals surface area contributed by atoms with Crippen molar-refractivity contribution in [2.75, 3.05) is 0 Å². The van der Waals surface area contributed by atoms with E-state index in [0.717, 1.165) is 50.8 Å². The molecule has 0 atom stereocenters. The molecule has 1 aromatic heterocycles. The van der Waals surface area contributed by atoms with Crippen LogP contribution in [0.5, 0.6) is 23.1 Å². The van der Waals surface area contributed by atoms with E-state index in [-0.39, 0.29) is 0 Å². The van der Waals surface area contributed by atoms with Gasteiger partial charge in [0.1, 0.15) is 17.2 Å². The number of hydrogen-bond acceptors (Lipinski definition) is 3. The predicted octanol–water partition coefficient (Wildman–Crippen LogP) is 7.57. The summed E-state index contributed by atoms with van der Waals surface area (Å²) in [6.45, 7) is 8.18. The molecular formula is C27H25NO2. The second kappa shape index (κ2) is 8.42. The van der Waals surface area contributed by atoms with Gasteiger partial charge in [0.2, 0.25) is 5.88 Å². The summed E-state index contributed by atoms with van der Waals surface area (Å²) in [6, 6.07) is 26.1. The highest BCUT2D eigenvalue weighted by atomic mass is 16.5. The van der Waals surface area contributed by atoms with Gasteiger partial charge in [0.15, 0.2) is 0 Å². The van der Waals surface area contributed by atoms with Gasteiger partial charge in [-0.25, -0.2) is 4.98 Å². The van der Waals surface area contributed by atoms with Gasteiger partial charge in [-0.1, -0.05) is 48.5 Å². The molecule has 0 unspecified atom stereocenters. The first-order chi connectivity index (χ1) is 14.5. The Morgan fingerprint density at radius 3 is 1.80 bits per heavy atom. The standard InChI is InChI=1S/C27H25NO2/c1-18-15-19(2)25(17-24(18)29-23-13-9-6-10-14-23)30-27-21(4)16-20(3)26(28-27)22-11-7-5-8-12-22/h5-17H,1-4H3. The Kier molecular flexibility index (Phi) is 5.53. The first-order valence-corrected chi connectivity index (χ1v) is 10.1. The largest absolute Gasteiger partial charge is 0.457 e. The minimum atomic E-state index is 0.608. The first-order valence-electron chi connectivity index (χ1n) is 10.1. The maximum absolute atomic E-state index is 6.30. The zero-order chi connectivity index (χ0) is 21.1. The summed E-state index contributed by atoms with van der Waals surface area (Å²) in [5.41, 5.74) is 6.23. The van der Waals surface area contributed by atoms with Crippen LogP contribution in [0.25, 0.3) is 11.3 Å². The van der Waals surface area contributed by atoms with Gasteiger partial charge in [-0.15, -0.1) is 0 Å². The van der Waals surface area contributed by atoms with E-state index in [1.807, 2.05) is 75.4 Å². The van der Waals surface area contributed by atoms with Gasteiger partial charge in [0.05, 0.1) is 5.69 Å². The molecule has 3 aromatic carbocycles. The zero-order valence-electron chi connectivity index (χ0n) is 17.8. The number of nitrogens with zero attached hydrogens (tertiary/aromatic N) is 1. The van der Waals surface area contributed by atoms with Gasteiger partial charge in [-0.3, -0.25) is 0 Å². The lowest BCUT2D eigenvalue weighted by atomic mass is 10.1. The van der Waals surface area contributed by atoms with Crippen LogP contribution in [0.15, 0.2) is 78.9 Å². The first kappa shape index (κ1) is 19.7. The Hall–Kier alpha value is -3.59. The Bertz CT molecular complexity index is 1170. The molecule has 4 rings (SSSR count). The number of ether oxygens (including phenoxy) is 2. The van der Waals surface area contributed by atoms with Gasteiger partial charge in [0, 0.05) is 17.2 Å². The van der Waals surface area contributed by atoms with E-state index in [2.05, 4.69) is 31.2 Å². The molecule has 1 heterocycles. The second-order valence-corrected chi connectivity index (χ2v) is 7.54. The van der Waals surface area contributed by atoms with Gasteiger partial charge in [0.25, 0.3) is 0 Å². The van der Waals surface area contributed by atoms with Gasteiger partial charge >= 0.3 is 0 Å². The van der Waals surface area contributed by atoms with Gasteiger partial charge in [-0.2, -0.15) is 0 Å². The van der Waals surface area contributed by atoms with Crippen molar-refractivity contribution in [2.45, 2.75) is 27.7 Å². The summed E-state index contributed by atoms with van der Waals surface area (Å²) in [7, 11) is 0. The van der Waals surface area contributed by atoms with E-state index in [0.29, 0.717) is 5.88 Å². The van der Waals surface area contributed by atoms with Crippen LogP contribution in [0.3, 0.4) is 0 Å². The van der Waals surface area contributed by atoms with Crippen molar-refractivity contribution in [1.29, 1.82) is 0 Å². The number of aromatic nitrogens is 1. The molecule has 150 valence electrons. The van der Waals surface area contributed by atoms with E-state index in [1.165, 1.54) is 0 Å². The lowest BCUT2D eigenvalue weighted by molar-refractivity contribution is 0.442. The quantitative estimate of drug-likeness (QED) is 0.349. The smallest absolute Gasteiger partial charge is 0.222 e. The van der Waals surface area contributed by atoms with Crippen molar-refractivity contribution >= 4 is 0 Å². The molecule has 0 saturated heterocycles. The van der Waals surface area contributed by atoms with Crippen LogP contribution in [-0.2, 0) is 0 Å². The average Bonchev–Trinajstić information content (AvgIpc) is 2.74. The Labute approximate surface area is 178 Å². The van der Waals surface area contributed by atoms with Crippen LogP contribution >= 0.6 is 0 Å². The average molecular weight is 396 g/mol. The maximum Gasteiger partial charge on any atom is 0.222 e. The Balaban J connectivity index is 1.70. The fourth-order valence-corrected chi connectivity index (χ4v) is 3.48. The van der Waals surface area contributed by atoms with Crippen LogP contribution in [-0.4, -0.2) is 4.98 Å². The van der Waals surface area contributed by atoms with E-state index in [9.17, 15) is 0 Å². The fourth-order valence-electron chi connectivity index (χ4n) is 3.48. The van der Waals surface area contributed by atoms with Crippen LogP contribution < -0.4 is 9.47 Å². The normalized spacial score (nSPS) is 10.7. The second-order valence-electron chi connectivity index (χ2n) is 7.54. The molecule has 3 nitrogen and oxygen atoms in total. The molecule has 0 spiro atoms. The van der Waals surface area contributed by atoms with Crippen molar-refractivity contribution in [2.24, 2.45) is 0 Å². The summed E-state index contributed by atoms with van der Waals surface area (Å²) in [5, 5.41) is 0. The van der Waals surface area contributed by atoms with Gasteiger partial charge < -0.3 is 9.47 Å². The summed E-state index contributed by atoms with van der Waals surface area (Å²) in [6.07, 6.45) is 0. The summed E-state index contributed by atoms with van der Waals surface area (Å²) < 4.78 is 12.4. The Morgan fingerprint density at radius 2 is 1.13 bits per heavy atom. The number of rotatable bonds is 5. The zero-order valence-corrected chi connectivity index (χ0v) is 17.8. The molecule has 0 aliphatic rings. The highest BCUT2D eigenvalue weighted by Crippen LogP contribution is 2.36. The van der Waals surface area contributed by atoms with Crippen molar-refractivity contribution in [3.05, 3.63) is 101 Å². The number of aryl methyl sites for hydroxylation is 4. The van der Waals surface area contributed by atoms with Crippen LogP contribution in [0.4, 0.5) is 0 Å². The predicted molar refractivity (Wildman–Crippen MR) is 122 cm³/mol. The fraction of sp³-hybridized carbons (Fsp3) is 0.148. The molecule has 0 N–H and O–H groups in total. The monoisotopic (exact) mass is 395 g/mol. The van der Waals surface area contributed by atoms with E-state index >= 15 is 0 Å². The van der Waals surface area contributed by atoms with Crippen LogP contribution in [0.1, 0.15) is 22.3 Å². The van der Waals surface area contributed by atoms with Crippen molar-refractivity contribution in [3.63, 3.8) is 0 Å². The molecule has 30 heavy (non-hydrogen) atoms. The van der Waals surface area contributed by atoms with E-state index < -0.39 is 0 Å². The van der Waals surface area contributed by atoms with Crippen LogP contribution in [0.2, 0.25) is 0 Å². The van der Waals surface area contributed by atoms with Crippen LogP contribution in [0, 0.1) is 27.7 Å². The SMILES string of the molecule is Cc1cc(C)c(Oc2nc(-c3ccccc3)c(C)cc2C)cc1Oc1ccccc1. The number of hydrogen-bond donors (Lipinski definition) is 0. The van der Waals surface area contributed by atoms with Crippen molar-refractivity contribution < 1.29 is 9.47 Å². The van der Waals surface area contributed by atoms with Gasteiger partial charge in [-0.05, 0) is 68.7 Å². The maximum atomic E-state index is 6.30. The van der Waals surface area contributed by atoms with E-state index in [4.69, 9.17) is 14.5 Å². The lowest BCUT2D eigenvalue weighted by Gasteiger charge is -2.16. The molecule has 3 heteroatoms. The summed E-state index contributed by atoms with van der Waals surface area (Å²) >= 11 is 0. The molecule has 4 aromatic rings. The Morgan fingerprint density at radius 1 is 0.567 bits per heavy atom. The number of benzene rings is 3. The molecular weight excluding hydrogens is 370 g/mol. The molecule has 0 bridgehead atoms. The molecule has 0 radical (unpaired) electrons. The molecule has 0 aliphatic carbocycles. The topological polar surface area (TPSA) is 31.4 Å². The molecule has 0 saturated carbocycles. The van der Waals surface area contributed by atoms with E-state index in [1.54, 1.807) is 0 Å². The third-order valence-corrected chi connectivity index (χ3v) is 5.05. The molecule has 0 aliphatic heterocycles. The molecule has 0 amide bonds. The highest BCUT2D eigenvalue weighted by Gasteiger charge is 2.14. The minimum absolute atomic E-state index is 0.608. The third-order valence-electron chi connectivity index (χ3n) is 5.05. The number of para-hydroxylation sites is 1.